The first-order valence-electron chi connectivity index (χ1n) is 9.31. The number of hydrogen-bond acceptors (Lipinski definition) is 6. The van der Waals surface area contributed by atoms with Crippen LogP contribution in [0.3, 0.4) is 0 Å². The lowest BCUT2D eigenvalue weighted by Gasteiger charge is -2.10. The molecule has 0 unspecified atom stereocenters. The molecule has 2 aromatic carbocycles. The Morgan fingerprint density at radius 1 is 1.00 bits per heavy atom. The second kappa shape index (κ2) is 10.7. The number of non-ortho nitro benzene ring substituents is 1. The molecular weight excluding hydrogens is 390 g/mol. The Morgan fingerprint density at radius 3 is 2.50 bits per heavy atom. The highest BCUT2D eigenvalue weighted by Crippen LogP contribution is 2.18. The molecule has 2 N–H and O–H groups in total. The quantitative estimate of drug-likeness (QED) is 0.368. The van der Waals surface area contributed by atoms with Crippen LogP contribution in [0.25, 0.3) is 0 Å². The van der Waals surface area contributed by atoms with E-state index < -0.39 is 23.4 Å². The molecule has 9 heteroatoms. The SMILES string of the molecule is Cc1ccc(C)c(NC(=O)COC(=O)CCCC(=O)Nc2cccc([N+](=O)[O-])c2)c1. The van der Waals surface area contributed by atoms with Crippen LogP contribution in [0.1, 0.15) is 30.4 Å². The Hall–Kier alpha value is -3.75. The van der Waals surface area contributed by atoms with Crippen LogP contribution >= 0.6 is 0 Å². The molecule has 0 bridgehead atoms. The van der Waals surface area contributed by atoms with Crippen LogP contribution in [0.2, 0.25) is 0 Å². The Labute approximate surface area is 173 Å². The first-order chi connectivity index (χ1) is 14.2. The predicted octanol–water partition coefficient (Wildman–Crippen LogP) is 3.50. The molecule has 0 aliphatic heterocycles. The number of benzene rings is 2. The molecule has 2 rings (SSSR count). The molecule has 30 heavy (non-hydrogen) atoms. The first-order valence-corrected chi connectivity index (χ1v) is 9.31. The Morgan fingerprint density at radius 2 is 1.77 bits per heavy atom. The molecule has 0 heterocycles. The van der Waals surface area contributed by atoms with E-state index in [4.69, 9.17) is 4.74 Å². The van der Waals surface area contributed by atoms with Gasteiger partial charge in [-0.3, -0.25) is 24.5 Å². The van der Waals surface area contributed by atoms with Gasteiger partial charge < -0.3 is 15.4 Å². The van der Waals surface area contributed by atoms with Crippen LogP contribution in [0.15, 0.2) is 42.5 Å². The molecule has 2 aromatic rings. The lowest BCUT2D eigenvalue weighted by atomic mass is 10.1. The fourth-order valence-electron chi connectivity index (χ4n) is 2.59. The van der Waals surface area contributed by atoms with E-state index in [0.717, 1.165) is 11.1 Å². The molecule has 0 aromatic heterocycles. The highest BCUT2D eigenvalue weighted by molar-refractivity contribution is 5.93. The summed E-state index contributed by atoms with van der Waals surface area (Å²) in [5, 5.41) is 16.0. The van der Waals surface area contributed by atoms with Crippen LogP contribution in [0.5, 0.6) is 0 Å². The topological polar surface area (TPSA) is 128 Å². The van der Waals surface area contributed by atoms with Gasteiger partial charge in [-0.2, -0.15) is 0 Å². The lowest BCUT2D eigenvalue weighted by molar-refractivity contribution is -0.384. The average Bonchev–Trinajstić information content (AvgIpc) is 2.69. The monoisotopic (exact) mass is 413 g/mol. The molecule has 9 nitrogen and oxygen atoms in total. The number of nitrogens with one attached hydrogen (secondary N) is 2. The molecule has 0 atom stereocenters. The van der Waals surface area contributed by atoms with Gasteiger partial charge in [0.05, 0.1) is 4.92 Å². The number of nitro benzene ring substituents is 1. The van der Waals surface area contributed by atoms with Crippen molar-refractivity contribution in [3.8, 4) is 0 Å². The van der Waals surface area contributed by atoms with Crippen LogP contribution in [-0.4, -0.2) is 29.3 Å². The third kappa shape index (κ3) is 7.34. The van der Waals surface area contributed by atoms with Crippen molar-refractivity contribution in [2.45, 2.75) is 33.1 Å². The van der Waals surface area contributed by atoms with Crippen molar-refractivity contribution in [1.82, 2.24) is 0 Å². The van der Waals surface area contributed by atoms with Crippen molar-refractivity contribution in [2.24, 2.45) is 0 Å². The summed E-state index contributed by atoms with van der Waals surface area (Å²) in [5.74, 6) is -1.41. The van der Waals surface area contributed by atoms with E-state index in [2.05, 4.69) is 10.6 Å². The van der Waals surface area contributed by atoms with E-state index in [1.807, 2.05) is 32.0 Å². The summed E-state index contributed by atoms with van der Waals surface area (Å²) >= 11 is 0. The van der Waals surface area contributed by atoms with Crippen molar-refractivity contribution < 1.29 is 24.0 Å². The summed E-state index contributed by atoms with van der Waals surface area (Å²) in [6.07, 6.45) is 0.226. The van der Waals surface area contributed by atoms with E-state index >= 15 is 0 Å². The smallest absolute Gasteiger partial charge is 0.306 e. The van der Waals surface area contributed by atoms with Gasteiger partial charge in [-0.15, -0.1) is 0 Å². The Bertz CT molecular complexity index is 958. The van der Waals surface area contributed by atoms with Crippen LogP contribution in [0, 0.1) is 24.0 Å². The molecule has 0 aliphatic carbocycles. The second-order valence-electron chi connectivity index (χ2n) is 6.74. The van der Waals surface area contributed by atoms with E-state index in [1.54, 1.807) is 0 Å². The number of esters is 1. The van der Waals surface area contributed by atoms with Crippen molar-refractivity contribution in [3.63, 3.8) is 0 Å². The summed E-state index contributed by atoms with van der Waals surface area (Å²) < 4.78 is 4.93. The fraction of sp³-hybridized carbons (Fsp3) is 0.286. The summed E-state index contributed by atoms with van der Waals surface area (Å²) in [4.78, 5) is 45.8. The maximum atomic E-state index is 11.9. The number of amides is 2. The van der Waals surface area contributed by atoms with Gasteiger partial charge in [0.25, 0.3) is 11.6 Å². The molecule has 0 saturated carbocycles. The molecule has 2 amide bonds. The van der Waals surface area contributed by atoms with Gasteiger partial charge in [0.1, 0.15) is 0 Å². The predicted molar refractivity (Wildman–Crippen MR) is 111 cm³/mol. The van der Waals surface area contributed by atoms with Crippen molar-refractivity contribution >= 4 is 34.8 Å². The zero-order valence-corrected chi connectivity index (χ0v) is 16.8. The zero-order valence-electron chi connectivity index (χ0n) is 16.8. The van der Waals surface area contributed by atoms with E-state index in [1.165, 1.54) is 24.3 Å². The standard InChI is InChI=1S/C21H23N3O6/c1-14-9-10-15(2)18(11-14)23-20(26)13-30-21(27)8-4-7-19(25)22-16-5-3-6-17(12-16)24(28)29/h3,5-6,9-12H,4,7-8,13H2,1-2H3,(H,22,25)(H,23,26). The summed E-state index contributed by atoms with van der Waals surface area (Å²) in [5.41, 5.74) is 2.73. The van der Waals surface area contributed by atoms with E-state index in [-0.39, 0.29) is 30.9 Å². The number of aryl methyl sites for hydroxylation is 2. The third-order valence-electron chi connectivity index (χ3n) is 4.16. The highest BCUT2D eigenvalue weighted by Gasteiger charge is 2.12. The zero-order chi connectivity index (χ0) is 22.1. The number of nitrogens with zero attached hydrogens (tertiary/aromatic N) is 1. The first kappa shape index (κ1) is 22.5. The third-order valence-corrected chi connectivity index (χ3v) is 4.16. The van der Waals surface area contributed by atoms with Gasteiger partial charge in [0.15, 0.2) is 6.61 Å². The van der Waals surface area contributed by atoms with Gasteiger partial charge in [0, 0.05) is 36.3 Å². The van der Waals surface area contributed by atoms with Crippen molar-refractivity contribution in [2.75, 3.05) is 17.2 Å². The number of nitro groups is 1. The number of hydrogen-bond donors (Lipinski definition) is 2. The maximum absolute atomic E-state index is 11.9. The van der Waals surface area contributed by atoms with Crippen molar-refractivity contribution in [1.29, 1.82) is 0 Å². The normalized spacial score (nSPS) is 10.2. The van der Waals surface area contributed by atoms with Crippen LogP contribution in [-0.2, 0) is 19.1 Å². The molecule has 0 fully saturated rings. The number of ether oxygens (including phenoxy) is 1. The van der Waals surface area contributed by atoms with Gasteiger partial charge >= 0.3 is 5.97 Å². The minimum Gasteiger partial charge on any atom is -0.456 e. The van der Waals surface area contributed by atoms with Crippen molar-refractivity contribution in [3.05, 3.63) is 63.7 Å². The minimum absolute atomic E-state index is 0.0287. The van der Waals surface area contributed by atoms with Gasteiger partial charge in [0.2, 0.25) is 5.91 Å². The van der Waals surface area contributed by atoms with Gasteiger partial charge in [-0.25, -0.2) is 0 Å². The van der Waals surface area contributed by atoms with E-state index in [0.29, 0.717) is 11.4 Å². The minimum atomic E-state index is -0.589. The largest absolute Gasteiger partial charge is 0.456 e. The van der Waals surface area contributed by atoms with Gasteiger partial charge in [-0.05, 0) is 43.5 Å². The summed E-state index contributed by atoms with van der Waals surface area (Å²) in [6, 6.07) is 11.2. The number of anilines is 2. The number of carbonyl (C=O) groups is 3. The van der Waals surface area contributed by atoms with Gasteiger partial charge in [-0.1, -0.05) is 18.2 Å². The second-order valence-corrected chi connectivity index (χ2v) is 6.74. The molecule has 0 aliphatic rings. The van der Waals surface area contributed by atoms with Crippen LogP contribution < -0.4 is 10.6 Å². The molecule has 158 valence electrons. The molecule has 0 spiro atoms. The lowest BCUT2D eigenvalue weighted by Crippen LogP contribution is -2.21. The highest BCUT2D eigenvalue weighted by atomic mass is 16.6. The van der Waals surface area contributed by atoms with E-state index in [9.17, 15) is 24.5 Å². The summed E-state index contributed by atoms with van der Waals surface area (Å²) in [7, 11) is 0. The Kier molecular flexibility index (Phi) is 8.04. The Balaban J connectivity index is 1.68. The average molecular weight is 413 g/mol. The maximum Gasteiger partial charge on any atom is 0.306 e. The summed E-state index contributed by atoms with van der Waals surface area (Å²) in [6.45, 7) is 3.36. The molecule has 0 radical (unpaired) electrons. The number of rotatable bonds is 9. The van der Waals surface area contributed by atoms with Crippen LogP contribution in [0.4, 0.5) is 17.1 Å². The molecule has 0 saturated heterocycles. The number of carbonyl (C=O) groups excluding carboxylic acids is 3. The fourth-order valence-corrected chi connectivity index (χ4v) is 2.59. The molecular formula is C21H23N3O6.